The number of hydrogen-bond acceptors (Lipinski definition) is 6. The summed E-state index contributed by atoms with van der Waals surface area (Å²) in [5.41, 5.74) is 0.974. The number of benzene rings is 1. The van der Waals surface area contributed by atoms with Gasteiger partial charge in [-0.15, -0.1) is 10.2 Å². The molecular weight excluding hydrogens is 452 g/mol. The van der Waals surface area contributed by atoms with Gasteiger partial charge in [0.15, 0.2) is 11.0 Å². The third kappa shape index (κ3) is 5.44. The molecule has 27 heavy (non-hydrogen) atoms. The summed E-state index contributed by atoms with van der Waals surface area (Å²) in [5.74, 6) is 2.30. The molecule has 0 aliphatic rings. The Morgan fingerprint density at radius 3 is 2.70 bits per heavy atom. The Labute approximate surface area is 175 Å². The van der Waals surface area contributed by atoms with Crippen LogP contribution in [0.1, 0.15) is 0 Å². The lowest BCUT2D eigenvalue weighted by atomic mass is 10.2. The van der Waals surface area contributed by atoms with Crippen LogP contribution in [0.5, 0.6) is 5.75 Å². The number of thioether (sulfide) groups is 1. The van der Waals surface area contributed by atoms with Crippen molar-refractivity contribution in [2.75, 3.05) is 26.1 Å². The number of methoxy groups -OCH3 is 1. The second-order valence-corrected chi connectivity index (χ2v) is 7.81. The van der Waals surface area contributed by atoms with Crippen LogP contribution < -0.4 is 4.74 Å². The molecule has 0 saturated carbocycles. The van der Waals surface area contributed by atoms with Gasteiger partial charge in [0.05, 0.1) is 24.2 Å². The summed E-state index contributed by atoms with van der Waals surface area (Å²) in [4.78, 5) is 4.06. The van der Waals surface area contributed by atoms with Crippen LogP contribution in [-0.2, 0) is 11.3 Å². The summed E-state index contributed by atoms with van der Waals surface area (Å²) < 4.78 is 13.9. The quantitative estimate of drug-likeness (QED) is 0.338. The molecule has 0 aliphatic heterocycles. The average molecular weight is 470 g/mol. The van der Waals surface area contributed by atoms with Gasteiger partial charge in [0, 0.05) is 35.8 Å². The van der Waals surface area contributed by atoms with Crippen LogP contribution >= 0.6 is 39.3 Å². The van der Waals surface area contributed by atoms with E-state index in [1.165, 1.54) is 0 Å². The predicted molar refractivity (Wildman–Crippen MR) is 111 cm³/mol. The molecule has 3 rings (SSSR count). The molecule has 0 amide bonds. The van der Waals surface area contributed by atoms with Gasteiger partial charge in [0.2, 0.25) is 0 Å². The lowest BCUT2D eigenvalue weighted by Gasteiger charge is -2.10. The molecule has 0 spiro atoms. The fourth-order valence-corrected chi connectivity index (χ4v) is 3.95. The molecule has 3 aromatic rings. The number of halogens is 2. The highest BCUT2D eigenvalue weighted by atomic mass is 79.9. The molecular formula is C18H18BrClN4O2S. The zero-order valence-electron chi connectivity index (χ0n) is 14.6. The summed E-state index contributed by atoms with van der Waals surface area (Å²) >= 11 is 11.0. The van der Waals surface area contributed by atoms with E-state index in [4.69, 9.17) is 21.1 Å². The summed E-state index contributed by atoms with van der Waals surface area (Å²) in [6.07, 6.45) is 3.49. The number of aromatic nitrogens is 4. The fourth-order valence-electron chi connectivity index (χ4n) is 2.37. The smallest absolute Gasteiger partial charge is 0.191 e. The second-order valence-electron chi connectivity index (χ2n) is 5.46. The van der Waals surface area contributed by atoms with Crippen molar-refractivity contribution < 1.29 is 9.47 Å². The molecule has 0 saturated heterocycles. The van der Waals surface area contributed by atoms with Gasteiger partial charge in [-0.1, -0.05) is 23.4 Å². The van der Waals surface area contributed by atoms with Crippen molar-refractivity contribution in [2.24, 2.45) is 0 Å². The lowest BCUT2D eigenvalue weighted by molar-refractivity contribution is 0.185. The number of pyridine rings is 1. The van der Waals surface area contributed by atoms with Crippen molar-refractivity contribution in [3.05, 3.63) is 52.2 Å². The van der Waals surface area contributed by atoms with Crippen LogP contribution in [0.15, 0.2) is 52.4 Å². The lowest BCUT2D eigenvalue weighted by Crippen LogP contribution is -2.08. The first-order chi connectivity index (χ1) is 13.2. The summed E-state index contributed by atoms with van der Waals surface area (Å²) in [7, 11) is 1.68. The average Bonchev–Trinajstić information content (AvgIpc) is 3.08. The van der Waals surface area contributed by atoms with Crippen LogP contribution in [0, 0.1) is 0 Å². The molecule has 2 aromatic heterocycles. The maximum absolute atomic E-state index is 5.95. The van der Waals surface area contributed by atoms with Gasteiger partial charge in [-0.25, -0.2) is 0 Å². The molecule has 0 unspecified atom stereocenters. The minimum absolute atomic E-state index is 0.534. The Bertz CT molecular complexity index is 879. The Balaban J connectivity index is 1.64. The Kier molecular flexibility index (Phi) is 7.51. The first kappa shape index (κ1) is 20.1. The fraction of sp³-hybridized carbons (Fsp3) is 0.278. The molecule has 6 nitrogen and oxygen atoms in total. The van der Waals surface area contributed by atoms with E-state index in [1.54, 1.807) is 37.3 Å². The molecule has 0 bridgehead atoms. The summed E-state index contributed by atoms with van der Waals surface area (Å²) in [5, 5.41) is 10.2. The van der Waals surface area contributed by atoms with Crippen LogP contribution in [0.4, 0.5) is 0 Å². The standard InChI is InChI=1S/C18H18BrClN4O2S/c1-25-9-8-24-17(13-4-6-21-7-5-13)22-23-18(24)27-11-10-26-16-3-2-14(20)12-15(16)19/h2-7,12H,8-11H2,1H3. The number of hydrogen-bond donors (Lipinski definition) is 0. The monoisotopic (exact) mass is 468 g/mol. The van der Waals surface area contributed by atoms with Crippen molar-refractivity contribution in [3.8, 4) is 17.1 Å². The van der Waals surface area contributed by atoms with Crippen molar-refractivity contribution in [2.45, 2.75) is 11.7 Å². The predicted octanol–water partition coefficient (Wildman–Crippen LogP) is 4.57. The van der Waals surface area contributed by atoms with E-state index in [0.717, 1.165) is 32.5 Å². The van der Waals surface area contributed by atoms with Crippen LogP contribution in [-0.4, -0.2) is 45.8 Å². The molecule has 0 fully saturated rings. The minimum Gasteiger partial charge on any atom is -0.492 e. The van der Waals surface area contributed by atoms with Crippen LogP contribution in [0.25, 0.3) is 11.4 Å². The van der Waals surface area contributed by atoms with Crippen molar-refractivity contribution in [1.29, 1.82) is 0 Å². The van der Waals surface area contributed by atoms with E-state index in [1.807, 2.05) is 24.3 Å². The Morgan fingerprint density at radius 2 is 1.96 bits per heavy atom. The van der Waals surface area contributed by atoms with Gasteiger partial charge >= 0.3 is 0 Å². The first-order valence-electron chi connectivity index (χ1n) is 8.22. The second kappa shape index (κ2) is 10.1. The van der Waals surface area contributed by atoms with E-state index in [9.17, 15) is 0 Å². The maximum Gasteiger partial charge on any atom is 0.191 e. The van der Waals surface area contributed by atoms with Gasteiger partial charge < -0.3 is 9.47 Å². The van der Waals surface area contributed by atoms with Gasteiger partial charge in [0.25, 0.3) is 0 Å². The van der Waals surface area contributed by atoms with Crippen molar-refractivity contribution in [1.82, 2.24) is 19.7 Å². The number of ether oxygens (including phenoxy) is 2. The summed E-state index contributed by atoms with van der Waals surface area (Å²) in [6, 6.07) is 9.30. The SMILES string of the molecule is COCCn1c(SCCOc2ccc(Cl)cc2Br)nnc1-c1ccncc1. The molecule has 1 aromatic carbocycles. The van der Waals surface area contributed by atoms with Gasteiger partial charge in [-0.3, -0.25) is 9.55 Å². The van der Waals surface area contributed by atoms with Gasteiger partial charge in [-0.05, 0) is 46.3 Å². The van der Waals surface area contributed by atoms with Gasteiger partial charge in [-0.2, -0.15) is 0 Å². The topological polar surface area (TPSA) is 62.1 Å². The van der Waals surface area contributed by atoms with Gasteiger partial charge in [0.1, 0.15) is 5.75 Å². The van der Waals surface area contributed by atoms with E-state index >= 15 is 0 Å². The van der Waals surface area contributed by atoms with E-state index in [-0.39, 0.29) is 0 Å². The third-order valence-electron chi connectivity index (χ3n) is 3.64. The Morgan fingerprint density at radius 1 is 1.15 bits per heavy atom. The van der Waals surface area contributed by atoms with E-state index < -0.39 is 0 Å². The number of rotatable bonds is 9. The highest BCUT2D eigenvalue weighted by molar-refractivity contribution is 9.10. The third-order valence-corrected chi connectivity index (χ3v) is 5.43. The van der Waals surface area contributed by atoms with Crippen molar-refractivity contribution >= 4 is 39.3 Å². The highest BCUT2D eigenvalue weighted by Crippen LogP contribution is 2.28. The van der Waals surface area contributed by atoms with Crippen LogP contribution in [0.2, 0.25) is 5.02 Å². The zero-order chi connectivity index (χ0) is 19.1. The highest BCUT2D eigenvalue weighted by Gasteiger charge is 2.14. The first-order valence-corrected chi connectivity index (χ1v) is 10.4. The molecule has 142 valence electrons. The Hall–Kier alpha value is -1.61. The molecule has 0 atom stereocenters. The van der Waals surface area contributed by atoms with E-state index in [0.29, 0.717) is 24.8 Å². The molecule has 0 N–H and O–H groups in total. The molecule has 9 heteroatoms. The molecule has 2 heterocycles. The summed E-state index contributed by atoms with van der Waals surface area (Å²) in [6.45, 7) is 1.79. The molecule has 0 aliphatic carbocycles. The largest absolute Gasteiger partial charge is 0.492 e. The number of nitrogens with zero attached hydrogens (tertiary/aromatic N) is 4. The van der Waals surface area contributed by atoms with Crippen LogP contribution in [0.3, 0.4) is 0 Å². The van der Waals surface area contributed by atoms with E-state index in [2.05, 4.69) is 35.7 Å². The minimum atomic E-state index is 0.534. The molecule has 0 radical (unpaired) electrons. The maximum atomic E-state index is 5.95. The normalized spacial score (nSPS) is 10.9. The van der Waals surface area contributed by atoms with Crippen molar-refractivity contribution in [3.63, 3.8) is 0 Å². The zero-order valence-corrected chi connectivity index (χ0v) is 17.8.